The zero-order valence-electron chi connectivity index (χ0n) is 13.3. The van der Waals surface area contributed by atoms with Crippen LogP contribution in [0, 0.1) is 19.3 Å². The van der Waals surface area contributed by atoms with E-state index in [1.807, 2.05) is 24.6 Å². The van der Waals surface area contributed by atoms with Crippen molar-refractivity contribution in [1.29, 1.82) is 0 Å². The molecule has 21 heavy (non-hydrogen) atoms. The molecule has 6 nitrogen and oxygen atoms in total. The Kier molecular flexibility index (Phi) is 5.93. The number of carboxylic acids is 1. The molecular weight excluding hydrogens is 270 g/mol. The summed E-state index contributed by atoms with van der Waals surface area (Å²) in [5, 5.41) is 16.0. The molecule has 0 bridgehead atoms. The minimum atomic E-state index is -0.877. The van der Waals surface area contributed by atoms with E-state index in [4.69, 9.17) is 5.11 Å². The largest absolute Gasteiger partial charge is 0.481 e. The number of amides is 1. The zero-order chi connectivity index (χ0) is 16.0. The fourth-order valence-corrected chi connectivity index (χ4v) is 2.33. The molecule has 1 rings (SSSR count). The molecule has 118 valence electrons. The van der Waals surface area contributed by atoms with Gasteiger partial charge < -0.3 is 10.4 Å². The van der Waals surface area contributed by atoms with Gasteiger partial charge in [0.25, 0.3) is 0 Å². The monoisotopic (exact) mass is 295 g/mol. The zero-order valence-corrected chi connectivity index (χ0v) is 13.3. The molecule has 0 fully saturated rings. The first kappa shape index (κ1) is 17.2. The fourth-order valence-electron chi connectivity index (χ4n) is 2.33. The van der Waals surface area contributed by atoms with E-state index in [0.29, 0.717) is 6.54 Å². The van der Waals surface area contributed by atoms with Crippen LogP contribution in [0.25, 0.3) is 0 Å². The van der Waals surface area contributed by atoms with Crippen molar-refractivity contribution in [1.82, 2.24) is 15.1 Å². The van der Waals surface area contributed by atoms with Gasteiger partial charge in [-0.25, -0.2) is 0 Å². The lowest BCUT2D eigenvalue weighted by Gasteiger charge is -2.21. The Labute approximate surface area is 125 Å². The molecule has 1 aromatic rings. The van der Waals surface area contributed by atoms with E-state index >= 15 is 0 Å². The molecular formula is C15H25N3O3. The van der Waals surface area contributed by atoms with Crippen LogP contribution in [-0.2, 0) is 16.1 Å². The molecule has 1 aromatic heterocycles. The van der Waals surface area contributed by atoms with Crippen molar-refractivity contribution in [3.63, 3.8) is 0 Å². The maximum Gasteiger partial charge on any atom is 0.303 e. The lowest BCUT2D eigenvalue weighted by molar-refractivity contribution is -0.139. The number of carboxylic acid groups (broad SMARTS) is 1. The first-order chi connectivity index (χ1) is 9.69. The van der Waals surface area contributed by atoms with Crippen LogP contribution in [0.5, 0.6) is 0 Å². The molecule has 0 aliphatic heterocycles. The van der Waals surface area contributed by atoms with Crippen molar-refractivity contribution >= 4 is 11.9 Å². The molecule has 0 aliphatic carbocycles. The van der Waals surface area contributed by atoms with Crippen molar-refractivity contribution < 1.29 is 14.7 Å². The van der Waals surface area contributed by atoms with Gasteiger partial charge in [0.05, 0.1) is 12.1 Å². The van der Waals surface area contributed by atoms with Gasteiger partial charge in [0.2, 0.25) is 5.91 Å². The Morgan fingerprint density at radius 2 is 2.00 bits per heavy atom. The summed E-state index contributed by atoms with van der Waals surface area (Å²) in [6, 6.07) is 2.02. The van der Waals surface area contributed by atoms with Crippen LogP contribution in [0.1, 0.15) is 44.5 Å². The predicted molar refractivity (Wildman–Crippen MR) is 80.0 cm³/mol. The SMILES string of the molecule is Cc1cc(C)n(CCCNC(=O)CC(C)(C)CC(=O)O)n1. The van der Waals surface area contributed by atoms with Gasteiger partial charge in [-0.3, -0.25) is 14.3 Å². The molecule has 0 saturated heterocycles. The van der Waals surface area contributed by atoms with Gasteiger partial charge >= 0.3 is 5.97 Å². The summed E-state index contributed by atoms with van der Waals surface area (Å²) in [7, 11) is 0. The number of aromatic nitrogens is 2. The number of carbonyl (C=O) groups is 2. The number of hydrogen-bond donors (Lipinski definition) is 2. The van der Waals surface area contributed by atoms with E-state index in [-0.39, 0.29) is 18.7 Å². The van der Waals surface area contributed by atoms with Crippen LogP contribution in [0.15, 0.2) is 6.07 Å². The average molecular weight is 295 g/mol. The van der Waals surface area contributed by atoms with Crippen molar-refractivity contribution in [3.05, 3.63) is 17.5 Å². The highest BCUT2D eigenvalue weighted by atomic mass is 16.4. The topological polar surface area (TPSA) is 84.2 Å². The van der Waals surface area contributed by atoms with Crippen LogP contribution in [-0.4, -0.2) is 33.3 Å². The highest BCUT2D eigenvalue weighted by Crippen LogP contribution is 2.24. The average Bonchev–Trinajstić information content (AvgIpc) is 2.60. The maximum absolute atomic E-state index is 11.8. The standard InChI is InChI=1S/C15H25N3O3/c1-11-8-12(2)18(17-11)7-5-6-16-13(19)9-15(3,4)10-14(20)21/h8H,5-7,9-10H2,1-4H3,(H,16,19)(H,20,21). The molecule has 0 aliphatic rings. The lowest BCUT2D eigenvalue weighted by atomic mass is 9.85. The van der Waals surface area contributed by atoms with Crippen LogP contribution in [0.3, 0.4) is 0 Å². The van der Waals surface area contributed by atoms with Gasteiger partial charge in [-0.15, -0.1) is 0 Å². The van der Waals surface area contributed by atoms with Crippen LogP contribution in [0.4, 0.5) is 0 Å². The maximum atomic E-state index is 11.8. The van der Waals surface area contributed by atoms with E-state index in [1.54, 1.807) is 13.8 Å². The van der Waals surface area contributed by atoms with E-state index in [9.17, 15) is 9.59 Å². The Balaban J connectivity index is 2.28. The first-order valence-corrected chi connectivity index (χ1v) is 7.19. The highest BCUT2D eigenvalue weighted by molar-refractivity contribution is 5.77. The van der Waals surface area contributed by atoms with E-state index in [0.717, 1.165) is 24.4 Å². The Morgan fingerprint density at radius 3 is 2.52 bits per heavy atom. The summed E-state index contributed by atoms with van der Waals surface area (Å²) in [5.74, 6) is -0.980. The minimum Gasteiger partial charge on any atom is -0.481 e. The molecule has 0 atom stereocenters. The molecule has 0 spiro atoms. The number of rotatable bonds is 8. The number of carbonyl (C=O) groups excluding carboxylic acids is 1. The minimum absolute atomic E-state index is 0.00776. The molecule has 6 heteroatoms. The molecule has 0 radical (unpaired) electrons. The first-order valence-electron chi connectivity index (χ1n) is 7.19. The van der Waals surface area contributed by atoms with Crippen LogP contribution in [0.2, 0.25) is 0 Å². The van der Waals surface area contributed by atoms with Gasteiger partial charge in [-0.1, -0.05) is 13.8 Å². The fraction of sp³-hybridized carbons (Fsp3) is 0.667. The lowest BCUT2D eigenvalue weighted by Crippen LogP contribution is -2.31. The van der Waals surface area contributed by atoms with E-state index in [1.165, 1.54) is 0 Å². The van der Waals surface area contributed by atoms with Gasteiger partial charge in [-0.05, 0) is 31.7 Å². The van der Waals surface area contributed by atoms with Gasteiger partial charge in [0, 0.05) is 25.2 Å². The van der Waals surface area contributed by atoms with Crippen molar-refractivity contribution in [2.24, 2.45) is 5.41 Å². The molecule has 1 amide bonds. The van der Waals surface area contributed by atoms with Crippen molar-refractivity contribution in [3.8, 4) is 0 Å². The number of aryl methyl sites for hydroxylation is 3. The summed E-state index contributed by atoms with van der Waals surface area (Å²) >= 11 is 0. The van der Waals surface area contributed by atoms with Gasteiger partial charge in [-0.2, -0.15) is 5.10 Å². The third kappa shape index (κ3) is 6.42. The second kappa shape index (κ2) is 7.24. The van der Waals surface area contributed by atoms with Crippen LogP contribution >= 0.6 is 0 Å². The summed E-state index contributed by atoms with van der Waals surface area (Å²) < 4.78 is 1.93. The van der Waals surface area contributed by atoms with E-state index in [2.05, 4.69) is 10.4 Å². The molecule has 0 aromatic carbocycles. The van der Waals surface area contributed by atoms with Crippen molar-refractivity contribution in [2.75, 3.05) is 6.54 Å². The second-order valence-electron chi connectivity index (χ2n) is 6.27. The highest BCUT2D eigenvalue weighted by Gasteiger charge is 2.24. The summed E-state index contributed by atoms with van der Waals surface area (Å²) in [4.78, 5) is 22.5. The predicted octanol–water partition coefficient (Wildman–Crippen LogP) is 1.90. The van der Waals surface area contributed by atoms with E-state index < -0.39 is 11.4 Å². The molecule has 2 N–H and O–H groups in total. The van der Waals surface area contributed by atoms with Crippen molar-refractivity contribution in [2.45, 2.75) is 53.5 Å². The number of nitrogens with one attached hydrogen (secondary N) is 1. The molecule has 0 saturated carbocycles. The number of aliphatic carboxylic acids is 1. The summed E-state index contributed by atoms with van der Waals surface area (Å²) in [6.45, 7) is 8.87. The number of nitrogens with zero attached hydrogens (tertiary/aromatic N) is 2. The number of hydrogen-bond acceptors (Lipinski definition) is 3. The quantitative estimate of drug-likeness (QED) is 0.717. The van der Waals surface area contributed by atoms with Crippen LogP contribution < -0.4 is 5.32 Å². The molecule has 0 unspecified atom stereocenters. The normalized spacial score (nSPS) is 11.4. The Morgan fingerprint density at radius 1 is 1.33 bits per heavy atom. The second-order valence-corrected chi connectivity index (χ2v) is 6.27. The summed E-state index contributed by atoms with van der Waals surface area (Å²) in [6.07, 6.45) is 1.01. The third-order valence-corrected chi connectivity index (χ3v) is 3.24. The Hall–Kier alpha value is -1.85. The van der Waals surface area contributed by atoms with Gasteiger partial charge in [0.1, 0.15) is 0 Å². The summed E-state index contributed by atoms with van der Waals surface area (Å²) in [5.41, 5.74) is 1.58. The Bertz CT molecular complexity index is 506. The third-order valence-electron chi connectivity index (χ3n) is 3.24. The smallest absolute Gasteiger partial charge is 0.303 e. The van der Waals surface area contributed by atoms with Gasteiger partial charge in [0.15, 0.2) is 0 Å². The molecule has 1 heterocycles.